The van der Waals surface area contributed by atoms with Crippen molar-refractivity contribution in [2.75, 3.05) is 0 Å². The van der Waals surface area contributed by atoms with Crippen LogP contribution in [0.5, 0.6) is 0 Å². The van der Waals surface area contributed by atoms with Crippen molar-refractivity contribution in [2.45, 2.75) is 26.1 Å². The maximum atomic E-state index is 11.7. The van der Waals surface area contributed by atoms with Crippen LogP contribution in [0.1, 0.15) is 19.5 Å². The summed E-state index contributed by atoms with van der Waals surface area (Å²) in [6.07, 6.45) is -3.17. The molecule has 1 rings (SSSR count). The first-order valence-corrected chi connectivity index (χ1v) is 4.45. The second-order valence-corrected chi connectivity index (χ2v) is 2.99. The molecule has 0 radical (unpaired) electrons. The Kier molecular flexibility index (Phi) is 6.14. The van der Waals surface area contributed by atoms with Gasteiger partial charge in [0.2, 0.25) is 0 Å². The Morgan fingerprint density at radius 3 is 2.19 bits per heavy atom. The van der Waals surface area contributed by atoms with Gasteiger partial charge in [-0.25, -0.2) is 0 Å². The third-order valence-electron chi connectivity index (χ3n) is 1.28. The third-order valence-corrected chi connectivity index (χ3v) is 1.28. The molecule has 0 N–H and O–H groups in total. The first kappa shape index (κ1) is 14.4. The van der Waals surface area contributed by atoms with E-state index >= 15 is 0 Å². The van der Waals surface area contributed by atoms with Gasteiger partial charge in [-0.1, -0.05) is 6.07 Å². The zero-order chi connectivity index (χ0) is 12.6. The average molecular weight is 235 g/mol. The molecule has 0 aliphatic rings. The van der Waals surface area contributed by atoms with E-state index in [0.29, 0.717) is 6.47 Å². The number of aromatic nitrogens is 1. The number of halogens is 3. The minimum absolute atomic E-state index is 0.0301. The van der Waals surface area contributed by atoms with Gasteiger partial charge in [-0.2, -0.15) is 13.2 Å². The predicted octanol–water partition coefficient (Wildman–Crippen LogP) is 2.67. The number of hydrogen-bond donors (Lipinski definition) is 0. The third kappa shape index (κ3) is 6.80. The van der Waals surface area contributed by atoms with E-state index in [4.69, 9.17) is 0 Å². The van der Waals surface area contributed by atoms with E-state index in [2.05, 4.69) is 9.72 Å². The Morgan fingerprint density at radius 1 is 1.38 bits per heavy atom. The number of ether oxygens (including phenoxy) is 1. The lowest BCUT2D eigenvalue weighted by Gasteiger charge is -2.02. The molecule has 0 spiro atoms. The van der Waals surface area contributed by atoms with Crippen molar-refractivity contribution in [2.24, 2.45) is 0 Å². The highest BCUT2D eigenvalue weighted by Gasteiger charge is 2.31. The summed E-state index contributed by atoms with van der Waals surface area (Å²) < 4.78 is 39.5. The molecule has 3 nitrogen and oxygen atoms in total. The van der Waals surface area contributed by atoms with Crippen LogP contribution in [0.3, 0.4) is 0 Å². The van der Waals surface area contributed by atoms with Gasteiger partial charge in [0.1, 0.15) is 5.69 Å². The van der Waals surface area contributed by atoms with E-state index < -0.39 is 11.9 Å². The van der Waals surface area contributed by atoms with Gasteiger partial charge in [0.25, 0.3) is 6.47 Å². The van der Waals surface area contributed by atoms with Crippen LogP contribution in [0, 0.1) is 0 Å². The molecule has 0 aliphatic heterocycles. The summed E-state index contributed by atoms with van der Waals surface area (Å²) in [5.74, 6) is 0. The van der Waals surface area contributed by atoms with Gasteiger partial charge < -0.3 is 4.74 Å². The highest BCUT2D eigenvalue weighted by Crippen LogP contribution is 2.26. The lowest BCUT2D eigenvalue weighted by Crippen LogP contribution is -2.06. The number of alkyl halides is 3. The standard InChI is InChI=1S/C6H4F3N.C4H8O2/c7-6(8,9)5-3-1-2-4-10-5;1-4(2)6-3-5/h1-4H;3-4H,1-2H3. The van der Waals surface area contributed by atoms with E-state index in [-0.39, 0.29) is 6.10 Å². The summed E-state index contributed by atoms with van der Waals surface area (Å²) in [5, 5.41) is 0. The van der Waals surface area contributed by atoms with Crippen molar-refractivity contribution in [3.63, 3.8) is 0 Å². The fourth-order valence-corrected chi connectivity index (χ4v) is 0.642. The molecule has 90 valence electrons. The van der Waals surface area contributed by atoms with E-state index in [1.165, 1.54) is 12.1 Å². The first-order chi connectivity index (χ1) is 7.38. The molecule has 1 heterocycles. The van der Waals surface area contributed by atoms with E-state index in [1.54, 1.807) is 13.8 Å². The molecule has 0 unspecified atom stereocenters. The highest BCUT2D eigenvalue weighted by atomic mass is 19.4. The summed E-state index contributed by atoms with van der Waals surface area (Å²) in [7, 11) is 0. The van der Waals surface area contributed by atoms with Crippen molar-refractivity contribution in [1.82, 2.24) is 4.98 Å². The predicted molar refractivity (Wildman–Crippen MR) is 51.5 cm³/mol. The number of carbonyl (C=O) groups excluding carboxylic acids is 1. The zero-order valence-corrected chi connectivity index (χ0v) is 8.86. The van der Waals surface area contributed by atoms with Crippen LogP contribution in [0.4, 0.5) is 13.2 Å². The largest absolute Gasteiger partial charge is 0.465 e. The molecule has 0 saturated carbocycles. The monoisotopic (exact) mass is 235 g/mol. The van der Waals surface area contributed by atoms with Crippen LogP contribution >= 0.6 is 0 Å². The molecule has 0 fully saturated rings. The molecule has 0 aliphatic carbocycles. The van der Waals surface area contributed by atoms with E-state index in [0.717, 1.165) is 12.3 Å². The molecule has 1 aromatic rings. The molecule has 0 bridgehead atoms. The fourth-order valence-electron chi connectivity index (χ4n) is 0.642. The maximum Gasteiger partial charge on any atom is 0.433 e. The van der Waals surface area contributed by atoms with Gasteiger partial charge >= 0.3 is 6.18 Å². The number of rotatable bonds is 2. The summed E-state index contributed by atoms with van der Waals surface area (Å²) in [6.45, 7) is 4.05. The van der Waals surface area contributed by atoms with Gasteiger partial charge in [-0.3, -0.25) is 9.78 Å². The number of carbonyl (C=O) groups is 1. The Bertz CT molecular complexity index is 299. The van der Waals surface area contributed by atoms with Crippen molar-refractivity contribution in [3.8, 4) is 0 Å². The van der Waals surface area contributed by atoms with Gasteiger partial charge in [-0.15, -0.1) is 0 Å². The summed E-state index contributed by atoms with van der Waals surface area (Å²) in [4.78, 5) is 12.5. The van der Waals surface area contributed by atoms with E-state index in [1.807, 2.05) is 0 Å². The molecule has 0 atom stereocenters. The minimum Gasteiger partial charge on any atom is -0.465 e. The van der Waals surface area contributed by atoms with E-state index in [9.17, 15) is 18.0 Å². The zero-order valence-electron chi connectivity index (χ0n) is 8.86. The molecule has 0 saturated heterocycles. The van der Waals surface area contributed by atoms with Gasteiger partial charge in [-0.05, 0) is 26.0 Å². The Morgan fingerprint density at radius 2 is 2.00 bits per heavy atom. The number of nitrogens with zero attached hydrogens (tertiary/aromatic N) is 1. The van der Waals surface area contributed by atoms with Crippen LogP contribution < -0.4 is 0 Å². The maximum absolute atomic E-state index is 11.7. The van der Waals surface area contributed by atoms with Crippen LogP contribution in [-0.4, -0.2) is 17.6 Å². The second-order valence-electron chi connectivity index (χ2n) is 2.99. The minimum atomic E-state index is -4.32. The number of hydrogen-bond acceptors (Lipinski definition) is 3. The molecule has 0 aromatic carbocycles. The van der Waals surface area contributed by atoms with Crippen LogP contribution in [-0.2, 0) is 15.7 Å². The molecule has 0 amide bonds. The molecule has 1 aromatic heterocycles. The Labute approximate surface area is 91.3 Å². The van der Waals surface area contributed by atoms with Crippen LogP contribution in [0.25, 0.3) is 0 Å². The Hall–Kier alpha value is -1.59. The quantitative estimate of drug-likeness (QED) is 0.740. The van der Waals surface area contributed by atoms with Crippen molar-refractivity contribution in [1.29, 1.82) is 0 Å². The lowest BCUT2D eigenvalue weighted by atomic mass is 10.3. The highest BCUT2D eigenvalue weighted by molar-refractivity contribution is 5.37. The van der Waals surface area contributed by atoms with Crippen molar-refractivity contribution >= 4 is 6.47 Å². The molecular weight excluding hydrogens is 223 g/mol. The van der Waals surface area contributed by atoms with Gasteiger partial charge in [0.05, 0.1) is 6.10 Å². The summed E-state index contributed by atoms with van der Waals surface area (Å²) >= 11 is 0. The first-order valence-electron chi connectivity index (χ1n) is 4.45. The van der Waals surface area contributed by atoms with Crippen LogP contribution in [0.2, 0.25) is 0 Å². The Balaban J connectivity index is 0.000000325. The smallest absolute Gasteiger partial charge is 0.433 e. The lowest BCUT2D eigenvalue weighted by molar-refractivity contribution is -0.141. The molecule has 16 heavy (non-hydrogen) atoms. The fraction of sp³-hybridized carbons (Fsp3) is 0.400. The topological polar surface area (TPSA) is 39.2 Å². The molecular formula is C10H12F3NO2. The number of pyridine rings is 1. The van der Waals surface area contributed by atoms with Gasteiger partial charge in [0.15, 0.2) is 0 Å². The normalized spacial score (nSPS) is 10.4. The summed E-state index contributed by atoms with van der Waals surface area (Å²) in [6, 6.07) is 3.67. The van der Waals surface area contributed by atoms with Gasteiger partial charge in [0, 0.05) is 6.20 Å². The van der Waals surface area contributed by atoms with Crippen molar-refractivity contribution < 1.29 is 22.7 Å². The average Bonchev–Trinajstić information content (AvgIpc) is 2.18. The molecule has 6 heteroatoms. The SMILES string of the molecule is CC(C)OC=O.FC(F)(F)c1ccccn1. The summed E-state index contributed by atoms with van der Waals surface area (Å²) in [5.41, 5.74) is -0.852. The van der Waals surface area contributed by atoms with Crippen LogP contribution in [0.15, 0.2) is 24.4 Å². The van der Waals surface area contributed by atoms with Crippen molar-refractivity contribution in [3.05, 3.63) is 30.1 Å². The second kappa shape index (κ2) is 6.81.